The third-order valence-corrected chi connectivity index (χ3v) is 9.55. The van der Waals surface area contributed by atoms with Gasteiger partial charge < -0.3 is 10.2 Å². The van der Waals surface area contributed by atoms with E-state index in [0.29, 0.717) is 16.1 Å². The Morgan fingerprint density at radius 2 is 1.49 bits per heavy atom. The summed E-state index contributed by atoms with van der Waals surface area (Å²) in [7, 11) is -4.26. The third-order valence-electron chi connectivity index (χ3n) is 7.36. The van der Waals surface area contributed by atoms with Gasteiger partial charge in [-0.15, -0.1) is 0 Å². The van der Waals surface area contributed by atoms with E-state index in [1.54, 1.807) is 37.3 Å². The first-order chi connectivity index (χ1) is 21.4. The summed E-state index contributed by atoms with van der Waals surface area (Å²) in [5.74, 6) is -1.45. The van der Waals surface area contributed by atoms with Gasteiger partial charge in [-0.25, -0.2) is 12.8 Å². The number of sulfonamides is 1. The van der Waals surface area contributed by atoms with Gasteiger partial charge in [0, 0.05) is 24.0 Å². The number of carbonyl (C=O) groups excluding carboxylic acids is 2. The number of amides is 2. The van der Waals surface area contributed by atoms with Gasteiger partial charge in [-0.05, 0) is 80.8 Å². The van der Waals surface area contributed by atoms with E-state index in [1.165, 1.54) is 41.3 Å². The Kier molecular flexibility index (Phi) is 11.0. The van der Waals surface area contributed by atoms with Crippen molar-refractivity contribution in [2.75, 3.05) is 10.8 Å². The average Bonchev–Trinajstić information content (AvgIpc) is 3.00. The molecule has 0 saturated heterocycles. The van der Waals surface area contributed by atoms with Gasteiger partial charge in [0.2, 0.25) is 11.8 Å². The van der Waals surface area contributed by atoms with E-state index in [2.05, 4.69) is 5.32 Å². The largest absolute Gasteiger partial charge is 0.352 e. The average molecular weight is 650 g/mol. The predicted molar refractivity (Wildman–Crippen MR) is 176 cm³/mol. The quantitative estimate of drug-likeness (QED) is 0.191. The molecule has 0 saturated carbocycles. The first-order valence-electron chi connectivity index (χ1n) is 14.6. The van der Waals surface area contributed by atoms with Crippen molar-refractivity contribution in [3.63, 3.8) is 0 Å². The molecule has 2 amide bonds. The fourth-order valence-electron chi connectivity index (χ4n) is 4.94. The van der Waals surface area contributed by atoms with E-state index in [4.69, 9.17) is 11.6 Å². The number of nitrogens with zero attached hydrogens (tertiary/aromatic N) is 2. The molecule has 1 N–H and O–H groups in total. The molecule has 1 atom stereocenters. The zero-order valence-corrected chi connectivity index (χ0v) is 27.3. The lowest BCUT2D eigenvalue weighted by molar-refractivity contribution is -0.140. The second-order valence-electron chi connectivity index (χ2n) is 11.2. The molecule has 7 nitrogen and oxygen atoms in total. The summed E-state index contributed by atoms with van der Waals surface area (Å²) in [4.78, 5) is 29.6. The second kappa shape index (κ2) is 14.7. The van der Waals surface area contributed by atoms with Crippen LogP contribution in [0, 0.1) is 19.7 Å². The van der Waals surface area contributed by atoms with E-state index in [1.807, 2.05) is 51.1 Å². The highest BCUT2D eigenvalue weighted by Crippen LogP contribution is 2.31. The molecule has 0 fully saturated rings. The van der Waals surface area contributed by atoms with Crippen LogP contribution in [0.15, 0.2) is 102 Å². The van der Waals surface area contributed by atoms with Crippen LogP contribution in [-0.4, -0.2) is 43.8 Å². The highest BCUT2D eigenvalue weighted by atomic mass is 35.5. The minimum atomic E-state index is -4.26. The molecule has 10 heteroatoms. The van der Waals surface area contributed by atoms with Crippen molar-refractivity contribution >= 4 is 39.1 Å². The zero-order chi connectivity index (χ0) is 32.7. The van der Waals surface area contributed by atoms with Gasteiger partial charge in [0.1, 0.15) is 18.4 Å². The number of nitrogens with one attached hydrogen (secondary N) is 1. The molecule has 0 radical (unpaired) electrons. The highest BCUT2D eigenvalue weighted by Gasteiger charge is 2.35. The van der Waals surface area contributed by atoms with Crippen LogP contribution in [0.1, 0.15) is 36.1 Å². The number of hydrogen-bond acceptors (Lipinski definition) is 4. The lowest BCUT2D eigenvalue weighted by Crippen LogP contribution is -2.54. The molecule has 0 aliphatic carbocycles. The van der Waals surface area contributed by atoms with Gasteiger partial charge in [0.05, 0.1) is 10.6 Å². The summed E-state index contributed by atoms with van der Waals surface area (Å²) in [5, 5.41) is 3.25. The maximum Gasteiger partial charge on any atom is 0.264 e. The Hall–Kier alpha value is -4.21. The van der Waals surface area contributed by atoms with Crippen LogP contribution in [0.5, 0.6) is 0 Å². The molecule has 236 valence electrons. The Balaban J connectivity index is 1.83. The number of carbonyl (C=O) groups is 2. The number of hydrogen-bond donors (Lipinski definition) is 1. The van der Waals surface area contributed by atoms with Crippen LogP contribution in [0.3, 0.4) is 0 Å². The molecule has 4 aromatic carbocycles. The lowest BCUT2D eigenvalue weighted by Gasteiger charge is -2.34. The molecule has 0 aliphatic rings. The van der Waals surface area contributed by atoms with Crippen LogP contribution in [-0.2, 0) is 32.6 Å². The maximum absolute atomic E-state index is 14.5. The molecule has 4 aromatic rings. The molecular formula is C35H37ClFN3O4S. The highest BCUT2D eigenvalue weighted by molar-refractivity contribution is 7.92. The van der Waals surface area contributed by atoms with Crippen molar-refractivity contribution in [1.29, 1.82) is 0 Å². The molecule has 0 aromatic heterocycles. The van der Waals surface area contributed by atoms with Gasteiger partial charge in [-0.3, -0.25) is 13.9 Å². The monoisotopic (exact) mass is 649 g/mol. The molecular weight excluding hydrogens is 613 g/mol. The summed E-state index contributed by atoms with van der Waals surface area (Å²) >= 11 is 6.42. The molecule has 0 heterocycles. The Morgan fingerprint density at radius 1 is 0.844 bits per heavy atom. The number of rotatable bonds is 12. The van der Waals surface area contributed by atoms with Crippen molar-refractivity contribution in [3.8, 4) is 0 Å². The van der Waals surface area contributed by atoms with Crippen molar-refractivity contribution in [3.05, 3.63) is 130 Å². The Labute approximate surface area is 269 Å². The van der Waals surface area contributed by atoms with Crippen LogP contribution >= 0.6 is 11.6 Å². The summed E-state index contributed by atoms with van der Waals surface area (Å²) in [6.45, 7) is 6.50. The van der Waals surface area contributed by atoms with Gasteiger partial charge in [0.25, 0.3) is 10.0 Å². The van der Waals surface area contributed by atoms with Crippen LogP contribution in [0.4, 0.5) is 10.1 Å². The van der Waals surface area contributed by atoms with Gasteiger partial charge in [0.15, 0.2) is 0 Å². The fraction of sp³-hybridized carbons (Fsp3) is 0.257. The van der Waals surface area contributed by atoms with E-state index in [-0.39, 0.29) is 29.6 Å². The Bertz CT molecular complexity index is 1730. The van der Waals surface area contributed by atoms with E-state index in [9.17, 15) is 22.4 Å². The molecule has 45 heavy (non-hydrogen) atoms. The third kappa shape index (κ3) is 8.49. The van der Waals surface area contributed by atoms with E-state index >= 15 is 0 Å². The van der Waals surface area contributed by atoms with E-state index < -0.39 is 40.2 Å². The van der Waals surface area contributed by atoms with Crippen molar-refractivity contribution < 1.29 is 22.4 Å². The minimum Gasteiger partial charge on any atom is -0.352 e. The van der Waals surface area contributed by atoms with Gasteiger partial charge in [-0.1, -0.05) is 77.8 Å². The van der Waals surface area contributed by atoms with E-state index in [0.717, 1.165) is 15.4 Å². The number of benzene rings is 4. The Morgan fingerprint density at radius 3 is 2.11 bits per heavy atom. The summed E-state index contributed by atoms with van der Waals surface area (Å²) < 4.78 is 43.2. The molecule has 4 rings (SSSR count). The summed E-state index contributed by atoms with van der Waals surface area (Å²) in [6, 6.07) is 24.9. The lowest BCUT2D eigenvalue weighted by atomic mass is 10.0. The fourth-order valence-corrected chi connectivity index (χ4v) is 6.58. The van der Waals surface area contributed by atoms with Crippen LogP contribution in [0.25, 0.3) is 0 Å². The molecule has 0 bridgehead atoms. The second-order valence-corrected chi connectivity index (χ2v) is 13.5. The summed E-state index contributed by atoms with van der Waals surface area (Å²) in [6.07, 6.45) is 0.174. The molecule has 0 unspecified atom stereocenters. The van der Waals surface area contributed by atoms with Gasteiger partial charge in [-0.2, -0.15) is 0 Å². The maximum atomic E-state index is 14.5. The number of halogens is 2. The van der Waals surface area contributed by atoms with Crippen LogP contribution in [0.2, 0.25) is 5.02 Å². The van der Waals surface area contributed by atoms with Crippen LogP contribution < -0.4 is 9.62 Å². The topological polar surface area (TPSA) is 86.8 Å². The predicted octanol–water partition coefficient (Wildman–Crippen LogP) is 6.46. The van der Waals surface area contributed by atoms with Gasteiger partial charge >= 0.3 is 0 Å². The first-order valence-corrected chi connectivity index (χ1v) is 16.4. The zero-order valence-electron chi connectivity index (χ0n) is 25.7. The standard InChI is InChI=1S/C35H37ClFN3O4S/c1-24(2)38-35(42)33(21-27-9-6-5-7-10-27)39(22-28-15-17-29(37)18-16-28)34(41)23-40(32-12-8-11-31(36)26(32)4)45(43,44)30-19-13-25(3)14-20-30/h5-20,24,33H,21-23H2,1-4H3,(H,38,42)/t33-/m0/s1. The van der Waals surface area contributed by atoms with Crippen molar-refractivity contribution in [2.24, 2.45) is 0 Å². The SMILES string of the molecule is Cc1ccc(S(=O)(=O)N(CC(=O)N(Cc2ccc(F)cc2)[C@@H](Cc2ccccc2)C(=O)NC(C)C)c2cccc(Cl)c2C)cc1. The van der Waals surface area contributed by atoms with Crippen molar-refractivity contribution in [2.45, 2.75) is 57.6 Å². The van der Waals surface area contributed by atoms with Crippen molar-refractivity contribution in [1.82, 2.24) is 10.2 Å². The number of aryl methyl sites for hydroxylation is 1. The minimum absolute atomic E-state index is 0.00347. The molecule has 0 aliphatic heterocycles. The smallest absolute Gasteiger partial charge is 0.264 e. The normalized spacial score (nSPS) is 12.1. The molecule has 0 spiro atoms. The first kappa shape index (κ1) is 33.7. The summed E-state index contributed by atoms with van der Waals surface area (Å²) in [5.41, 5.74) is 2.98. The number of anilines is 1.